The number of nitrogens with zero attached hydrogens (tertiary/aromatic N) is 1. The van der Waals surface area contributed by atoms with Crippen LogP contribution in [-0.4, -0.2) is 24.2 Å². The Morgan fingerprint density at radius 1 is 1.07 bits per heavy atom. The fourth-order valence-electron chi connectivity index (χ4n) is 4.53. The highest BCUT2D eigenvalue weighted by atomic mass is 32.1. The molecule has 2 fully saturated rings. The van der Waals surface area contributed by atoms with Crippen LogP contribution in [0.25, 0.3) is 0 Å². The average Bonchev–Trinajstić information content (AvgIpc) is 3.39. The van der Waals surface area contributed by atoms with E-state index in [2.05, 4.69) is 22.8 Å². The summed E-state index contributed by atoms with van der Waals surface area (Å²) >= 11 is 5.66. The summed E-state index contributed by atoms with van der Waals surface area (Å²) in [5.74, 6) is 1.10. The Labute approximate surface area is 183 Å². The SMILES string of the molecule is CCOc1ccc(C2(NC(=S)Nc3ccc(N4CCCC4=O)cc3)CCCC2)cc1. The van der Waals surface area contributed by atoms with Crippen LogP contribution >= 0.6 is 12.2 Å². The van der Waals surface area contributed by atoms with Crippen molar-refractivity contribution in [2.45, 2.75) is 51.0 Å². The summed E-state index contributed by atoms with van der Waals surface area (Å²) in [7, 11) is 0. The number of amides is 1. The van der Waals surface area contributed by atoms with Gasteiger partial charge in [-0.1, -0.05) is 25.0 Å². The first-order chi connectivity index (χ1) is 14.6. The fourth-order valence-corrected chi connectivity index (χ4v) is 4.84. The molecule has 1 amide bonds. The Kier molecular flexibility index (Phi) is 6.23. The van der Waals surface area contributed by atoms with Gasteiger partial charge in [0.25, 0.3) is 0 Å². The monoisotopic (exact) mass is 423 g/mol. The van der Waals surface area contributed by atoms with Crippen LogP contribution in [0.4, 0.5) is 11.4 Å². The Hall–Kier alpha value is -2.60. The van der Waals surface area contributed by atoms with E-state index in [1.807, 2.05) is 48.2 Å². The van der Waals surface area contributed by atoms with Crippen LogP contribution in [0.1, 0.15) is 51.0 Å². The van der Waals surface area contributed by atoms with Gasteiger partial charge in [-0.2, -0.15) is 0 Å². The van der Waals surface area contributed by atoms with Gasteiger partial charge in [0.05, 0.1) is 12.1 Å². The molecule has 0 bridgehead atoms. The van der Waals surface area contributed by atoms with Gasteiger partial charge in [0.1, 0.15) is 5.75 Å². The van der Waals surface area contributed by atoms with Crippen molar-refractivity contribution in [1.29, 1.82) is 0 Å². The van der Waals surface area contributed by atoms with Crippen LogP contribution in [0.3, 0.4) is 0 Å². The summed E-state index contributed by atoms with van der Waals surface area (Å²) in [4.78, 5) is 13.8. The fraction of sp³-hybridized carbons (Fsp3) is 0.417. The molecule has 0 atom stereocenters. The van der Waals surface area contributed by atoms with Crippen LogP contribution in [-0.2, 0) is 10.3 Å². The number of benzene rings is 2. The summed E-state index contributed by atoms with van der Waals surface area (Å²) < 4.78 is 5.59. The van der Waals surface area contributed by atoms with E-state index in [4.69, 9.17) is 17.0 Å². The molecule has 0 radical (unpaired) electrons. The standard InChI is InChI=1S/C24H29N3O2S/c1-2-29-21-13-7-18(8-14-21)24(15-3-4-16-24)26-23(30)25-19-9-11-20(12-10-19)27-17-5-6-22(27)28/h7-14H,2-6,15-17H2,1H3,(H2,25,26,30). The third-order valence-electron chi connectivity index (χ3n) is 6.04. The van der Waals surface area contributed by atoms with Crippen molar-refractivity contribution in [3.05, 3.63) is 54.1 Å². The summed E-state index contributed by atoms with van der Waals surface area (Å²) in [6.07, 6.45) is 6.04. The topological polar surface area (TPSA) is 53.6 Å². The van der Waals surface area contributed by atoms with Crippen LogP contribution in [0, 0.1) is 0 Å². The molecule has 0 unspecified atom stereocenters. The number of ether oxygens (including phenoxy) is 1. The van der Waals surface area contributed by atoms with Crippen LogP contribution in [0.15, 0.2) is 48.5 Å². The molecule has 2 aliphatic rings. The first-order valence-corrected chi connectivity index (χ1v) is 11.2. The van der Waals surface area contributed by atoms with Crippen molar-refractivity contribution in [3.8, 4) is 5.75 Å². The lowest BCUT2D eigenvalue weighted by Crippen LogP contribution is -2.45. The summed E-state index contributed by atoms with van der Waals surface area (Å²) in [5.41, 5.74) is 2.97. The summed E-state index contributed by atoms with van der Waals surface area (Å²) in [6, 6.07) is 16.3. The zero-order chi connectivity index (χ0) is 21.0. The third kappa shape index (κ3) is 4.43. The molecule has 2 N–H and O–H groups in total. The number of hydrogen-bond donors (Lipinski definition) is 2. The van der Waals surface area contributed by atoms with Crippen molar-refractivity contribution in [2.24, 2.45) is 0 Å². The second kappa shape index (κ2) is 9.04. The van der Waals surface area contributed by atoms with E-state index < -0.39 is 0 Å². The number of thiocarbonyl (C=S) groups is 1. The normalized spacial score (nSPS) is 17.8. The minimum Gasteiger partial charge on any atom is -0.494 e. The number of nitrogens with one attached hydrogen (secondary N) is 2. The Morgan fingerprint density at radius 3 is 2.37 bits per heavy atom. The van der Waals surface area contributed by atoms with E-state index in [0.29, 0.717) is 18.1 Å². The van der Waals surface area contributed by atoms with E-state index in [0.717, 1.165) is 42.9 Å². The maximum absolute atomic E-state index is 11.9. The van der Waals surface area contributed by atoms with Gasteiger partial charge in [0, 0.05) is 24.3 Å². The molecule has 1 saturated heterocycles. The maximum Gasteiger partial charge on any atom is 0.227 e. The number of hydrogen-bond acceptors (Lipinski definition) is 3. The van der Waals surface area contributed by atoms with E-state index in [9.17, 15) is 4.79 Å². The lowest BCUT2D eigenvalue weighted by molar-refractivity contribution is -0.117. The van der Waals surface area contributed by atoms with Gasteiger partial charge >= 0.3 is 0 Å². The molecule has 1 heterocycles. The van der Waals surface area contributed by atoms with E-state index >= 15 is 0 Å². The van der Waals surface area contributed by atoms with E-state index in [1.54, 1.807) is 0 Å². The maximum atomic E-state index is 11.9. The van der Waals surface area contributed by atoms with Gasteiger partial charge in [-0.05, 0) is 80.4 Å². The highest BCUT2D eigenvalue weighted by Gasteiger charge is 2.36. The number of carbonyl (C=O) groups is 1. The van der Waals surface area contributed by atoms with Gasteiger partial charge in [-0.25, -0.2) is 0 Å². The molecule has 2 aromatic rings. The minimum atomic E-state index is -0.142. The molecule has 6 heteroatoms. The van der Waals surface area contributed by atoms with Crippen LogP contribution in [0.5, 0.6) is 5.75 Å². The molecule has 0 aromatic heterocycles. The van der Waals surface area contributed by atoms with Crippen molar-refractivity contribution < 1.29 is 9.53 Å². The zero-order valence-electron chi connectivity index (χ0n) is 17.4. The Morgan fingerprint density at radius 2 is 1.77 bits per heavy atom. The molecule has 4 rings (SSSR count). The quantitative estimate of drug-likeness (QED) is 0.643. The number of anilines is 2. The number of rotatable bonds is 6. The van der Waals surface area contributed by atoms with Crippen molar-refractivity contribution in [3.63, 3.8) is 0 Å². The van der Waals surface area contributed by atoms with Gasteiger partial charge < -0.3 is 20.3 Å². The molecule has 1 aliphatic carbocycles. The third-order valence-corrected chi connectivity index (χ3v) is 6.24. The number of carbonyl (C=O) groups excluding carboxylic acids is 1. The molecular weight excluding hydrogens is 394 g/mol. The van der Waals surface area contributed by atoms with Crippen LogP contribution in [0.2, 0.25) is 0 Å². The smallest absolute Gasteiger partial charge is 0.227 e. The Balaban J connectivity index is 1.43. The predicted molar refractivity (Wildman–Crippen MR) is 125 cm³/mol. The zero-order valence-corrected chi connectivity index (χ0v) is 18.3. The average molecular weight is 424 g/mol. The molecular formula is C24H29N3O2S. The van der Waals surface area contributed by atoms with Gasteiger partial charge in [-0.3, -0.25) is 4.79 Å². The van der Waals surface area contributed by atoms with Gasteiger partial charge in [0.15, 0.2) is 5.11 Å². The van der Waals surface area contributed by atoms with Crippen LogP contribution < -0.4 is 20.3 Å². The summed E-state index contributed by atoms with van der Waals surface area (Å²) in [6.45, 7) is 3.46. The molecule has 158 valence electrons. The van der Waals surface area contributed by atoms with E-state index in [1.165, 1.54) is 18.4 Å². The van der Waals surface area contributed by atoms with E-state index in [-0.39, 0.29) is 11.4 Å². The Bertz CT molecular complexity index is 890. The lowest BCUT2D eigenvalue weighted by Gasteiger charge is -2.32. The van der Waals surface area contributed by atoms with Crippen molar-refractivity contribution >= 4 is 34.6 Å². The molecule has 5 nitrogen and oxygen atoms in total. The second-order valence-electron chi connectivity index (χ2n) is 8.02. The largest absolute Gasteiger partial charge is 0.494 e. The van der Waals surface area contributed by atoms with Gasteiger partial charge in [-0.15, -0.1) is 0 Å². The first-order valence-electron chi connectivity index (χ1n) is 10.8. The molecule has 30 heavy (non-hydrogen) atoms. The van der Waals surface area contributed by atoms with Crippen molar-refractivity contribution in [2.75, 3.05) is 23.4 Å². The van der Waals surface area contributed by atoms with Gasteiger partial charge in [0.2, 0.25) is 5.91 Å². The molecule has 0 spiro atoms. The lowest BCUT2D eigenvalue weighted by atomic mass is 9.88. The molecule has 2 aromatic carbocycles. The molecule has 1 aliphatic heterocycles. The second-order valence-corrected chi connectivity index (χ2v) is 8.43. The first kappa shape index (κ1) is 20.7. The highest BCUT2D eigenvalue weighted by Crippen LogP contribution is 2.39. The highest BCUT2D eigenvalue weighted by molar-refractivity contribution is 7.80. The predicted octanol–water partition coefficient (Wildman–Crippen LogP) is 4.97. The molecule has 1 saturated carbocycles. The van der Waals surface area contributed by atoms with Crippen molar-refractivity contribution in [1.82, 2.24) is 5.32 Å². The minimum absolute atomic E-state index is 0.142. The summed E-state index contributed by atoms with van der Waals surface area (Å²) in [5, 5.41) is 7.54.